The summed E-state index contributed by atoms with van der Waals surface area (Å²) in [5.74, 6) is -1.47. The summed E-state index contributed by atoms with van der Waals surface area (Å²) in [6.07, 6.45) is 2.95. The molecule has 0 bridgehead atoms. The van der Waals surface area contributed by atoms with Gasteiger partial charge < -0.3 is 14.5 Å². The first-order valence-electron chi connectivity index (χ1n) is 14.5. The van der Waals surface area contributed by atoms with Gasteiger partial charge in [0, 0.05) is 44.0 Å². The molecular weight excluding hydrogens is 566 g/mol. The maximum atomic E-state index is 16.2. The van der Waals surface area contributed by atoms with Crippen LogP contribution in [-0.2, 0) is 16.1 Å². The second-order valence-corrected chi connectivity index (χ2v) is 11.5. The largest absolute Gasteiger partial charge is 0.380 e. The number of hydrogen-bond acceptors (Lipinski definition) is 7. The predicted octanol–water partition coefficient (Wildman–Crippen LogP) is 5.31. The number of ether oxygens (including phenoxy) is 1. The number of piperazine rings is 1. The molecule has 0 saturated carbocycles. The van der Waals surface area contributed by atoms with Gasteiger partial charge in [-0.15, -0.1) is 0 Å². The van der Waals surface area contributed by atoms with Crippen molar-refractivity contribution >= 4 is 22.8 Å². The molecule has 2 atom stereocenters. The van der Waals surface area contributed by atoms with E-state index in [0.717, 1.165) is 5.56 Å². The number of carbonyl (C=O) groups is 1. The van der Waals surface area contributed by atoms with Gasteiger partial charge >= 0.3 is 5.69 Å². The highest BCUT2D eigenvalue weighted by molar-refractivity contribution is 5.91. The number of amides is 1. The monoisotopic (exact) mass is 602 g/mol. The van der Waals surface area contributed by atoms with Gasteiger partial charge in [0.05, 0.1) is 23.4 Å². The Labute approximate surface area is 254 Å². The van der Waals surface area contributed by atoms with Crippen LogP contribution in [0.5, 0.6) is 0 Å². The molecule has 0 N–H and O–H groups in total. The van der Waals surface area contributed by atoms with E-state index >= 15 is 8.78 Å². The number of benzene rings is 1. The number of hydrogen-bond donors (Lipinski definition) is 0. The van der Waals surface area contributed by atoms with Crippen LogP contribution in [0.2, 0.25) is 0 Å². The number of pyridine rings is 2. The van der Waals surface area contributed by atoms with E-state index in [1.807, 2.05) is 39.5 Å². The van der Waals surface area contributed by atoms with Crippen LogP contribution in [0.3, 0.4) is 0 Å². The van der Waals surface area contributed by atoms with Crippen LogP contribution in [0, 0.1) is 18.6 Å². The summed E-state index contributed by atoms with van der Waals surface area (Å²) in [6, 6.07) is 6.94. The number of fused-ring (bicyclic) bond motifs is 1. The van der Waals surface area contributed by atoms with E-state index in [0.29, 0.717) is 30.0 Å². The second kappa shape index (κ2) is 12.2. The molecule has 0 spiro atoms. The van der Waals surface area contributed by atoms with Gasteiger partial charge in [-0.2, -0.15) is 4.98 Å². The topological polar surface area (TPSA) is 93.5 Å². The highest BCUT2D eigenvalue weighted by Gasteiger charge is 2.34. The molecule has 9 nitrogen and oxygen atoms in total. The Bertz CT molecular complexity index is 1820. The minimum absolute atomic E-state index is 0.0307. The Kier molecular flexibility index (Phi) is 8.60. The zero-order valence-corrected chi connectivity index (χ0v) is 25.8. The molecule has 1 saturated heterocycles. The summed E-state index contributed by atoms with van der Waals surface area (Å²) in [7, 11) is 1.47. The van der Waals surface area contributed by atoms with Crippen molar-refractivity contribution in [3.8, 4) is 16.9 Å². The molecular formula is C33H36F2N6O3. The quantitative estimate of drug-likeness (QED) is 0.265. The zero-order valence-electron chi connectivity index (χ0n) is 25.8. The first-order valence-corrected chi connectivity index (χ1v) is 14.5. The lowest BCUT2D eigenvalue weighted by Gasteiger charge is -2.44. The molecule has 1 fully saturated rings. The van der Waals surface area contributed by atoms with E-state index < -0.39 is 17.3 Å². The van der Waals surface area contributed by atoms with Crippen molar-refractivity contribution in [1.82, 2.24) is 24.4 Å². The summed E-state index contributed by atoms with van der Waals surface area (Å²) in [5, 5.41) is 0.274. The van der Waals surface area contributed by atoms with Crippen LogP contribution in [0.25, 0.3) is 28.0 Å². The third-order valence-corrected chi connectivity index (χ3v) is 8.08. The van der Waals surface area contributed by atoms with E-state index in [-0.39, 0.29) is 58.6 Å². The normalized spacial score (nSPS) is 17.0. The van der Waals surface area contributed by atoms with Gasteiger partial charge in [-0.05, 0) is 62.1 Å². The van der Waals surface area contributed by atoms with Gasteiger partial charge in [0.1, 0.15) is 23.1 Å². The molecule has 0 aliphatic carbocycles. The van der Waals surface area contributed by atoms with Crippen molar-refractivity contribution in [2.45, 2.75) is 59.2 Å². The molecule has 4 heterocycles. The highest BCUT2D eigenvalue weighted by atomic mass is 19.1. The lowest BCUT2D eigenvalue weighted by atomic mass is 10.0. The average Bonchev–Trinajstić information content (AvgIpc) is 2.98. The molecule has 11 heteroatoms. The van der Waals surface area contributed by atoms with Crippen LogP contribution in [0.15, 0.2) is 54.0 Å². The third kappa shape index (κ3) is 5.36. The van der Waals surface area contributed by atoms with E-state index in [2.05, 4.69) is 16.5 Å². The van der Waals surface area contributed by atoms with Crippen molar-refractivity contribution in [3.63, 3.8) is 0 Å². The lowest BCUT2D eigenvalue weighted by molar-refractivity contribution is -0.128. The van der Waals surface area contributed by atoms with Crippen molar-refractivity contribution in [2.24, 2.45) is 0 Å². The molecule has 1 amide bonds. The molecule has 1 aliphatic rings. The molecule has 5 rings (SSSR count). The molecule has 0 radical (unpaired) electrons. The number of nitrogens with zero attached hydrogens (tertiary/aromatic N) is 6. The number of aryl methyl sites for hydroxylation is 1. The van der Waals surface area contributed by atoms with Crippen molar-refractivity contribution < 1.29 is 18.3 Å². The first kappa shape index (κ1) is 30.9. The van der Waals surface area contributed by atoms with Gasteiger partial charge in [-0.25, -0.2) is 23.1 Å². The number of halogens is 2. The second-order valence-electron chi connectivity index (χ2n) is 11.5. The SMILES string of the molecule is C=CC(=O)N1C[C@H](C)N(c2nc(=O)n(-c3c(C)ccnc3C(C)C)c3nc(-c4c(F)cccc4COC)c(F)cc23)C[C@H]1C. The number of carbonyl (C=O) groups excluding carboxylic acids is 1. The van der Waals surface area contributed by atoms with Crippen LogP contribution in [0.4, 0.5) is 14.6 Å². The van der Waals surface area contributed by atoms with E-state index in [4.69, 9.17) is 9.72 Å². The fourth-order valence-corrected chi connectivity index (χ4v) is 5.94. The lowest BCUT2D eigenvalue weighted by Crippen LogP contribution is -2.58. The maximum Gasteiger partial charge on any atom is 0.355 e. The summed E-state index contributed by atoms with van der Waals surface area (Å²) in [5.41, 5.74) is 1.48. The van der Waals surface area contributed by atoms with E-state index in [9.17, 15) is 9.59 Å². The fraction of sp³-hybridized carbons (Fsp3) is 0.364. The predicted molar refractivity (Wildman–Crippen MR) is 166 cm³/mol. The Balaban J connectivity index is 1.85. The smallest absolute Gasteiger partial charge is 0.355 e. The molecule has 44 heavy (non-hydrogen) atoms. The Morgan fingerprint density at radius 2 is 1.89 bits per heavy atom. The van der Waals surface area contributed by atoms with E-state index in [1.54, 1.807) is 23.2 Å². The van der Waals surface area contributed by atoms with Crippen molar-refractivity contribution in [1.29, 1.82) is 0 Å². The Morgan fingerprint density at radius 1 is 1.14 bits per heavy atom. The highest BCUT2D eigenvalue weighted by Crippen LogP contribution is 2.35. The molecule has 3 aromatic heterocycles. The van der Waals surface area contributed by atoms with Crippen molar-refractivity contribution in [3.05, 3.63) is 88.1 Å². The number of methoxy groups -OCH3 is 1. The summed E-state index contributed by atoms with van der Waals surface area (Å²) >= 11 is 0. The van der Waals surface area contributed by atoms with Gasteiger partial charge in [0.15, 0.2) is 5.65 Å². The minimum atomic E-state index is -0.777. The molecule has 0 unspecified atom stereocenters. The molecule has 1 aliphatic heterocycles. The van der Waals surface area contributed by atoms with Gasteiger partial charge in [0.2, 0.25) is 5.91 Å². The van der Waals surface area contributed by atoms with Gasteiger partial charge in [-0.3, -0.25) is 9.78 Å². The van der Waals surface area contributed by atoms with Crippen LogP contribution in [0.1, 0.15) is 50.4 Å². The molecule has 4 aromatic rings. The Hall–Kier alpha value is -4.51. The third-order valence-electron chi connectivity index (χ3n) is 8.08. The maximum absolute atomic E-state index is 16.2. The van der Waals surface area contributed by atoms with Crippen LogP contribution in [-0.4, -0.2) is 62.6 Å². The van der Waals surface area contributed by atoms with Gasteiger partial charge in [0.25, 0.3) is 0 Å². The van der Waals surface area contributed by atoms with Crippen LogP contribution >= 0.6 is 0 Å². The van der Waals surface area contributed by atoms with Crippen molar-refractivity contribution in [2.75, 3.05) is 25.1 Å². The fourth-order valence-electron chi connectivity index (χ4n) is 5.94. The standard InChI is InChI=1S/C33H36F2N6O3/c1-8-26(42)39-15-21(6)40(16-20(39)5)31-23-14-25(35)29(27-22(17-44-7)10-9-11-24(27)34)37-32(23)41(33(43)38-31)30-19(4)12-13-36-28(30)18(2)3/h8-14,18,20-21H,1,15-17H2,2-7H3/t20-,21+/m1/s1. The minimum Gasteiger partial charge on any atom is -0.380 e. The molecule has 230 valence electrons. The van der Waals surface area contributed by atoms with Crippen LogP contribution < -0.4 is 10.6 Å². The first-order chi connectivity index (χ1) is 21.0. The number of aromatic nitrogens is 4. The van der Waals surface area contributed by atoms with E-state index in [1.165, 1.54) is 36.0 Å². The zero-order chi connectivity index (χ0) is 31.9. The average molecular weight is 603 g/mol. The van der Waals surface area contributed by atoms with Gasteiger partial charge in [-0.1, -0.05) is 32.6 Å². The number of rotatable bonds is 7. The summed E-state index contributed by atoms with van der Waals surface area (Å²) in [6.45, 7) is 13.9. The summed E-state index contributed by atoms with van der Waals surface area (Å²) in [4.78, 5) is 43.9. The number of anilines is 1. The Morgan fingerprint density at radius 3 is 2.57 bits per heavy atom. The molecule has 1 aromatic carbocycles. The summed E-state index contributed by atoms with van der Waals surface area (Å²) < 4.78 is 38.2.